The van der Waals surface area contributed by atoms with Gasteiger partial charge in [-0.3, -0.25) is 4.98 Å². The molecule has 2 aromatic rings. The quantitative estimate of drug-likeness (QED) is 0.730. The van der Waals surface area contributed by atoms with Crippen molar-refractivity contribution in [3.8, 4) is 11.3 Å². The molecule has 0 amide bonds. The van der Waals surface area contributed by atoms with Crippen LogP contribution in [0.5, 0.6) is 0 Å². The average Bonchev–Trinajstić information content (AvgIpc) is 3.15. The summed E-state index contributed by atoms with van der Waals surface area (Å²) in [6.07, 6.45) is 4.64. The first-order chi connectivity index (χ1) is 7.86. The molecule has 0 atom stereocenters. The molecule has 1 aromatic heterocycles. The van der Waals surface area contributed by atoms with Crippen molar-refractivity contribution in [1.29, 1.82) is 0 Å². The molecule has 1 saturated carbocycles. The molecule has 0 aliphatic heterocycles. The van der Waals surface area contributed by atoms with Crippen molar-refractivity contribution >= 4 is 0 Å². The van der Waals surface area contributed by atoms with Gasteiger partial charge in [-0.2, -0.15) is 0 Å². The maximum atomic E-state index is 4.52. The van der Waals surface area contributed by atoms with Gasteiger partial charge in [0, 0.05) is 11.8 Å². The van der Waals surface area contributed by atoms with Gasteiger partial charge in [-0.1, -0.05) is 30.3 Å². The Morgan fingerprint density at radius 2 is 1.81 bits per heavy atom. The van der Waals surface area contributed by atoms with E-state index in [1.165, 1.54) is 29.5 Å². The summed E-state index contributed by atoms with van der Waals surface area (Å²) in [5.74, 6) is 0.797. The Morgan fingerprint density at radius 3 is 2.50 bits per heavy atom. The second kappa shape index (κ2) is 3.75. The summed E-state index contributed by atoms with van der Waals surface area (Å²) >= 11 is 0. The Labute approximate surface area is 96.2 Å². The van der Waals surface area contributed by atoms with Gasteiger partial charge in [0.2, 0.25) is 0 Å². The normalized spacial score (nSPS) is 15.1. The minimum absolute atomic E-state index is 0.797. The Balaban J connectivity index is 2.11. The van der Waals surface area contributed by atoms with Gasteiger partial charge in [-0.25, -0.2) is 0 Å². The summed E-state index contributed by atoms with van der Waals surface area (Å²) < 4.78 is 0. The first kappa shape index (κ1) is 9.59. The fourth-order valence-corrected chi connectivity index (χ4v) is 2.27. The highest BCUT2D eigenvalue weighted by Gasteiger charge is 2.26. The smallest absolute Gasteiger partial charge is 0.0733 e. The topological polar surface area (TPSA) is 12.9 Å². The lowest BCUT2D eigenvalue weighted by Gasteiger charge is -2.09. The molecule has 0 N–H and O–H groups in total. The molecule has 1 fully saturated rings. The number of benzene rings is 1. The monoisotopic (exact) mass is 209 g/mol. The van der Waals surface area contributed by atoms with Crippen LogP contribution in [0.1, 0.15) is 29.9 Å². The van der Waals surface area contributed by atoms with E-state index in [1.54, 1.807) is 0 Å². The first-order valence-electron chi connectivity index (χ1n) is 5.87. The van der Waals surface area contributed by atoms with E-state index >= 15 is 0 Å². The molecular weight excluding hydrogens is 194 g/mol. The van der Waals surface area contributed by atoms with Crippen molar-refractivity contribution in [2.75, 3.05) is 0 Å². The SMILES string of the molecule is Cc1c(C2CC2)ccnc1-c1ccccc1. The molecule has 3 rings (SSSR count). The molecular formula is C15H15N. The zero-order valence-corrected chi connectivity index (χ0v) is 9.48. The average molecular weight is 209 g/mol. The van der Waals surface area contributed by atoms with Crippen molar-refractivity contribution < 1.29 is 0 Å². The van der Waals surface area contributed by atoms with E-state index in [4.69, 9.17) is 0 Å². The van der Waals surface area contributed by atoms with E-state index < -0.39 is 0 Å². The third kappa shape index (κ3) is 1.63. The maximum absolute atomic E-state index is 4.52. The van der Waals surface area contributed by atoms with Gasteiger partial charge in [0.1, 0.15) is 0 Å². The fourth-order valence-electron chi connectivity index (χ4n) is 2.27. The van der Waals surface area contributed by atoms with Crippen LogP contribution in [0.3, 0.4) is 0 Å². The van der Waals surface area contributed by atoms with Gasteiger partial charge in [0.25, 0.3) is 0 Å². The Bertz CT molecular complexity index is 498. The van der Waals surface area contributed by atoms with Crippen LogP contribution in [0.25, 0.3) is 11.3 Å². The Kier molecular flexibility index (Phi) is 2.24. The van der Waals surface area contributed by atoms with E-state index in [-0.39, 0.29) is 0 Å². The van der Waals surface area contributed by atoms with E-state index in [0.29, 0.717) is 0 Å². The van der Waals surface area contributed by atoms with Crippen molar-refractivity contribution in [3.05, 3.63) is 53.7 Å². The summed E-state index contributed by atoms with van der Waals surface area (Å²) in [5.41, 5.74) is 5.22. The second-order valence-corrected chi connectivity index (χ2v) is 4.51. The summed E-state index contributed by atoms with van der Waals surface area (Å²) in [5, 5.41) is 0. The lowest BCUT2D eigenvalue weighted by atomic mass is 10.00. The van der Waals surface area contributed by atoms with E-state index in [9.17, 15) is 0 Å². The summed E-state index contributed by atoms with van der Waals surface area (Å²) in [6.45, 7) is 2.20. The number of hydrogen-bond acceptors (Lipinski definition) is 1. The van der Waals surface area contributed by atoms with Crippen molar-refractivity contribution in [1.82, 2.24) is 4.98 Å². The molecule has 1 heterocycles. The van der Waals surface area contributed by atoms with Crippen molar-refractivity contribution in [2.24, 2.45) is 0 Å². The minimum atomic E-state index is 0.797. The molecule has 0 radical (unpaired) electrons. The number of hydrogen-bond donors (Lipinski definition) is 0. The molecule has 0 bridgehead atoms. The molecule has 1 nitrogen and oxygen atoms in total. The molecule has 1 aromatic carbocycles. The van der Waals surface area contributed by atoms with Crippen LogP contribution >= 0.6 is 0 Å². The van der Waals surface area contributed by atoms with Gasteiger partial charge in [-0.15, -0.1) is 0 Å². The van der Waals surface area contributed by atoms with Crippen molar-refractivity contribution in [2.45, 2.75) is 25.7 Å². The third-order valence-corrected chi connectivity index (χ3v) is 3.31. The van der Waals surface area contributed by atoms with E-state index in [0.717, 1.165) is 11.6 Å². The number of aromatic nitrogens is 1. The lowest BCUT2D eigenvalue weighted by molar-refractivity contribution is 1.07. The molecule has 1 heteroatoms. The largest absolute Gasteiger partial charge is 0.256 e. The van der Waals surface area contributed by atoms with Gasteiger partial charge in [0.15, 0.2) is 0 Å². The van der Waals surface area contributed by atoms with Crippen LogP contribution < -0.4 is 0 Å². The third-order valence-electron chi connectivity index (χ3n) is 3.31. The zero-order chi connectivity index (χ0) is 11.0. The van der Waals surface area contributed by atoms with Gasteiger partial charge >= 0.3 is 0 Å². The zero-order valence-electron chi connectivity index (χ0n) is 9.48. The molecule has 0 spiro atoms. The van der Waals surface area contributed by atoms with Crippen molar-refractivity contribution in [3.63, 3.8) is 0 Å². The van der Waals surface area contributed by atoms with Crippen LogP contribution in [0.4, 0.5) is 0 Å². The highest BCUT2D eigenvalue weighted by atomic mass is 14.7. The molecule has 1 aliphatic rings. The second-order valence-electron chi connectivity index (χ2n) is 4.51. The highest BCUT2D eigenvalue weighted by Crippen LogP contribution is 2.42. The highest BCUT2D eigenvalue weighted by molar-refractivity contribution is 5.64. The molecule has 16 heavy (non-hydrogen) atoms. The van der Waals surface area contributed by atoms with Crippen LogP contribution in [0.2, 0.25) is 0 Å². The van der Waals surface area contributed by atoms with Gasteiger partial charge in [0.05, 0.1) is 5.69 Å². The van der Waals surface area contributed by atoms with Gasteiger partial charge in [-0.05, 0) is 42.9 Å². The Hall–Kier alpha value is -1.63. The molecule has 0 unspecified atom stereocenters. The van der Waals surface area contributed by atoms with Crippen LogP contribution in [0.15, 0.2) is 42.6 Å². The number of pyridine rings is 1. The molecule has 80 valence electrons. The minimum Gasteiger partial charge on any atom is -0.256 e. The van der Waals surface area contributed by atoms with Crippen LogP contribution in [0, 0.1) is 6.92 Å². The van der Waals surface area contributed by atoms with E-state index in [1.807, 2.05) is 12.3 Å². The molecule has 1 aliphatic carbocycles. The molecule has 0 saturated heterocycles. The summed E-state index contributed by atoms with van der Waals surface area (Å²) in [6, 6.07) is 12.6. The number of rotatable bonds is 2. The Morgan fingerprint density at radius 1 is 1.06 bits per heavy atom. The maximum Gasteiger partial charge on any atom is 0.0733 e. The van der Waals surface area contributed by atoms with Crippen LogP contribution in [-0.4, -0.2) is 4.98 Å². The van der Waals surface area contributed by atoms with Crippen LogP contribution in [-0.2, 0) is 0 Å². The van der Waals surface area contributed by atoms with Gasteiger partial charge < -0.3 is 0 Å². The standard InChI is InChI=1S/C15H15N/c1-11-14(12-7-8-12)9-10-16-15(11)13-5-3-2-4-6-13/h2-6,9-10,12H,7-8H2,1H3. The lowest BCUT2D eigenvalue weighted by Crippen LogP contribution is -1.93. The predicted octanol–water partition coefficient (Wildman–Crippen LogP) is 3.93. The first-order valence-corrected chi connectivity index (χ1v) is 5.87. The van der Waals surface area contributed by atoms with E-state index in [2.05, 4.69) is 42.2 Å². The predicted molar refractivity (Wildman–Crippen MR) is 66.4 cm³/mol. The summed E-state index contributed by atoms with van der Waals surface area (Å²) in [4.78, 5) is 4.52. The summed E-state index contributed by atoms with van der Waals surface area (Å²) in [7, 11) is 0. The number of nitrogens with zero attached hydrogens (tertiary/aromatic N) is 1. The fraction of sp³-hybridized carbons (Fsp3) is 0.267.